The van der Waals surface area contributed by atoms with Crippen LogP contribution in [0.25, 0.3) is 0 Å². The summed E-state index contributed by atoms with van der Waals surface area (Å²) in [5.74, 6) is -0.324. The molecule has 230 valence electrons. The van der Waals surface area contributed by atoms with Gasteiger partial charge in [0.25, 0.3) is 10.0 Å². The number of ether oxygens (including phenoxy) is 1. The van der Waals surface area contributed by atoms with Gasteiger partial charge >= 0.3 is 0 Å². The van der Waals surface area contributed by atoms with E-state index in [0.29, 0.717) is 27.8 Å². The number of carbonyl (C=O) groups excluding carboxylic acids is 2. The zero-order valence-corrected chi connectivity index (χ0v) is 26.7. The van der Waals surface area contributed by atoms with Gasteiger partial charge in [-0.15, -0.1) is 0 Å². The highest BCUT2D eigenvalue weighted by molar-refractivity contribution is 7.92. The van der Waals surface area contributed by atoms with Crippen LogP contribution in [0, 0.1) is 0 Å². The molecule has 0 bridgehead atoms. The van der Waals surface area contributed by atoms with Gasteiger partial charge in [-0.3, -0.25) is 13.9 Å². The predicted octanol–water partition coefficient (Wildman–Crippen LogP) is 6.45. The quantitative estimate of drug-likeness (QED) is 0.244. The Balaban J connectivity index is 1.71. The first-order valence-corrected chi connectivity index (χ1v) is 16.6. The lowest BCUT2D eigenvalue weighted by atomic mass is 9.95. The number of carbonyl (C=O) groups is 2. The molecule has 0 aliphatic heterocycles. The lowest BCUT2D eigenvalue weighted by Gasteiger charge is -2.34. The number of sulfonamides is 1. The molecule has 0 spiro atoms. The molecule has 3 aromatic carbocycles. The van der Waals surface area contributed by atoms with E-state index < -0.39 is 28.5 Å². The molecule has 1 fully saturated rings. The van der Waals surface area contributed by atoms with Gasteiger partial charge in [-0.05, 0) is 73.4 Å². The van der Waals surface area contributed by atoms with E-state index in [4.69, 9.17) is 27.9 Å². The first kappa shape index (κ1) is 32.6. The number of nitrogens with zero attached hydrogens (tertiary/aromatic N) is 2. The van der Waals surface area contributed by atoms with Crippen LogP contribution in [0.2, 0.25) is 10.0 Å². The molecule has 1 unspecified atom stereocenters. The van der Waals surface area contributed by atoms with Crippen molar-refractivity contribution in [2.24, 2.45) is 0 Å². The summed E-state index contributed by atoms with van der Waals surface area (Å²) < 4.78 is 34.2. The number of halogens is 2. The van der Waals surface area contributed by atoms with Gasteiger partial charge in [0.2, 0.25) is 11.8 Å². The molecule has 11 heteroatoms. The van der Waals surface area contributed by atoms with Crippen LogP contribution in [0.1, 0.15) is 51.0 Å². The fraction of sp³-hybridized carbons (Fsp3) is 0.375. The Morgan fingerprint density at radius 1 is 0.977 bits per heavy atom. The monoisotopic (exact) mass is 645 g/mol. The Morgan fingerprint density at radius 3 is 2.30 bits per heavy atom. The van der Waals surface area contributed by atoms with E-state index in [2.05, 4.69) is 5.32 Å². The number of benzene rings is 3. The van der Waals surface area contributed by atoms with Crippen LogP contribution in [0.4, 0.5) is 5.69 Å². The minimum Gasteiger partial charge on any atom is -0.497 e. The third-order valence-corrected chi connectivity index (χ3v) is 10.1. The Kier molecular flexibility index (Phi) is 11.3. The van der Waals surface area contributed by atoms with Gasteiger partial charge in [0.1, 0.15) is 18.3 Å². The maximum Gasteiger partial charge on any atom is 0.264 e. The summed E-state index contributed by atoms with van der Waals surface area (Å²) in [6.45, 7) is 1.30. The summed E-state index contributed by atoms with van der Waals surface area (Å²) in [4.78, 5) is 29.3. The van der Waals surface area contributed by atoms with E-state index in [0.717, 1.165) is 36.4 Å². The Hall–Kier alpha value is -3.27. The van der Waals surface area contributed by atoms with Gasteiger partial charge in [-0.2, -0.15) is 0 Å². The van der Waals surface area contributed by atoms with Crippen molar-refractivity contribution >= 4 is 50.7 Å². The van der Waals surface area contributed by atoms with Gasteiger partial charge in [-0.25, -0.2) is 8.42 Å². The molecule has 0 radical (unpaired) electrons. The lowest BCUT2D eigenvalue weighted by molar-refractivity contribution is -0.140. The Labute approximate surface area is 264 Å². The van der Waals surface area contributed by atoms with E-state index in [9.17, 15) is 18.0 Å². The average molecular weight is 647 g/mol. The van der Waals surface area contributed by atoms with Crippen molar-refractivity contribution in [3.8, 4) is 5.75 Å². The number of hydrogen-bond donors (Lipinski definition) is 1. The second kappa shape index (κ2) is 14.9. The molecule has 1 saturated carbocycles. The zero-order valence-electron chi connectivity index (χ0n) is 24.3. The van der Waals surface area contributed by atoms with Gasteiger partial charge in [0.05, 0.1) is 17.7 Å². The molecule has 2 amide bonds. The van der Waals surface area contributed by atoms with Crippen molar-refractivity contribution < 1.29 is 22.7 Å². The molecule has 1 aliphatic rings. The van der Waals surface area contributed by atoms with E-state index >= 15 is 0 Å². The van der Waals surface area contributed by atoms with E-state index in [1.807, 2.05) is 6.92 Å². The summed E-state index contributed by atoms with van der Waals surface area (Å²) in [7, 11) is -2.75. The maximum absolute atomic E-state index is 14.2. The maximum atomic E-state index is 14.2. The number of rotatable bonds is 12. The fourth-order valence-corrected chi connectivity index (χ4v) is 7.09. The first-order valence-electron chi connectivity index (χ1n) is 14.4. The van der Waals surface area contributed by atoms with Crippen molar-refractivity contribution in [3.63, 3.8) is 0 Å². The molecule has 0 saturated heterocycles. The smallest absolute Gasteiger partial charge is 0.264 e. The molecule has 1 N–H and O–H groups in total. The highest BCUT2D eigenvalue weighted by atomic mass is 35.5. The van der Waals surface area contributed by atoms with Crippen LogP contribution < -0.4 is 14.4 Å². The summed E-state index contributed by atoms with van der Waals surface area (Å²) >= 11 is 12.7. The minimum atomic E-state index is -4.24. The van der Waals surface area contributed by atoms with Gasteiger partial charge < -0.3 is 15.0 Å². The Morgan fingerprint density at radius 2 is 1.67 bits per heavy atom. The van der Waals surface area contributed by atoms with Crippen LogP contribution >= 0.6 is 23.2 Å². The standard InChI is InChI=1S/C32H37Cl2N3O5S/c1-3-30(32(39)35-25-12-5-4-6-13-25)36(21-23-10-7-8-15-29(23)34)31(38)22-37(26-14-9-11-24(33)20-26)43(40,41)28-18-16-27(42-2)17-19-28/h7-11,14-20,25,30H,3-6,12-13,21-22H2,1-2H3,(H,35,39). The van der Waals surface area contributed by atoms with E-state index in [1.54, 1.807) is 42.5 Å². The first-order chi connectivity index (χ1) is 20.6. The van der Waals surface area contributed by atoms with Gasteiger partial charge in [0, 0.05) is 22.6 Å². The minimum absolute atomic E-state index is 0.0270. The molecule has 1 aliphatic carbocycles. The van der Waals surface area contributed by atoms with Crippen LogP contribution in [-0.4, -0.2) is 50.9 Å². The second-order valence-electron chi connectivity index (χ2n) is 10.5. The topological polar surface area (TPSA) is 96.0 Å². The third kappa shape index (κ3) is 8.22. The Bertz CT molecular complexity index is 1510. The number of amides is 2. The number of anilines is 1. The van der Waals surface area contributed by atoms with Crippen LogP contribution in [0.3, 0.4) is 0 Å². The van der Waals surface area contributed by atoms with Gasteiger partial charge in [-0.1, -0.05) is 73.7 Å². The van der Waals surface area contributed by atoms with Gasteiger partial charge in [0.15, 0.2) is 0 Å². The van der Waals surface area contributed by atoms with Crippen molar-refractivity contribution in [2.75, 3.05) is 18.0 Å². The number of hydrogen-bond acceptors (Lipinski definition) is 5. The average Bonchev–Trinajstić information content (AvgIpc) is 3.01. The lowest BCUT2D eigenvalue weighted by Crippen LogP contribution is -2.54. The fourth-order valence-electron chi connectivity index (χ4n) is 5.31. The number of nitrogens with one attached hydrogen (secondary N) is 1. The molecule has 0 aromatic heterocycles. The van der Waals surface area contributed by atoms with Crippen molar-refractivity contribution in [1.82, 2.24) is 10.2 Å². The zero-order chi connectivity index (χ0) is 31.0. The van der Waals surface area contributed by atoms with Crippen LogP contribution in [-0.2, 0) is 26.2 Å². The molecular weight excluding hydrogens is 609 g/mol. The molecular formula is C32H37Cl2N3O5S. The molecule has 43 heavy (non-hydrogen) atoms. The van der Waals surface area contributed by atoms with Crippen LogP contribution in [0.15, 0.2) is 77.7 Å². The summed E-state index contributed by atoms with van der Waals surface area (Å²) in [5, 5.41) is 3.89. The van der Waals surface area contributed by atoms with Crippen molar-refractivity contribution in [1.29, 1.82) is 0 Å². The van der Waals surface area contributed by atoms with E-state index in [1.165, 1.54) is 42.3 Å². The molecule has 3 aromatic rings. The molecule has 1 atom stereocenters. The predicted molar refractivity (Wildman–Crippen MR) is 170 cm³/mol. The van der Waals surface area contributed by atoms with Crippen molar-refractivity contribution in [3.05, 3.63) is 88.4 Å². The van der Waals surface area contributed by atoms with Crippen LogP contribution in [0.5, 0.6) is 5.75 Å². The largest absolute Gasteiger partial charge is 0.497 e. The molecule has 0 heterocycles. The summed E-state index contributed by atoms with van der Waals surface area (Å²) in [5.41, 5.74) is 0.864. The summed E-state index contributed by atoms with van der Waals surface area (Å²) in [6, 6.07) is 18.5. The number of methoxy groups -OCH3 is 1. The summed E-state index contributed by atoms with van der Waals surface area (Å²) in [6.07, 6.45) is 5.34. The van der Waals surface area contributed by atoms with Crippen molar-refractivity contribution in [2.45, 2.75) is 69.0 Å². The molecule has 8 nitrogen and oxygen atoms in total. The highest BCUT2D eigenvalue weighted by Crippen LogP contribution is 2.28. The second-order valence-corrected chi connectivity index (χ2v) is 13.3. The molecule has 4 rings (SSSR count). The highest BCUT2D eigenvalue weighted by Gasteiger charge is 2.34. The van der Waals surface area contributed by atoms with E-state index in [-0.39, 0.29) is 29.1 Å². The SMILES string of the molecule is CCC(C(=O)NC1CCCCC1)N(Cc1ccccc1Cl)C(=O)CN(c1cccc(Cl)c1)S(=O)(=O)c1ccc(OC)cc1. The normalized spacial score (nSPS) is 14.5. The third-order valence-electron chi connectivity index (χ3n) is 7.66.